The number of phenolic OH excluding ortho intramolecular Hbond substituents is 1. The molecule has 4 aliphatic heterocycles. The number of aromatic hydroxyl groups is 1. The summed E-state index contributed by atoms with van der Waals surface area (Å²) in [5.74, 6) is -0.124. The van der Waals surface area contributed by atoms with Crippen molar-refractivity contribution in [1.29, 1.82) is 0 Å². The maximum Gasteiger partial charge on any atom is 0.268 e. The fraction of sp³-hybridized carbons (Fsp3) is 0.344. The molecule has 4 heterocycles. The number of allylic oxidation sites excluding steroid dienone is 1. The van der Waals surface area contributed by atoms with Crippen LogP contribution in [0.3, 0.4) is 0 Å². The summed E-state index contributed by atoms with van der Waals surface area (Å²) in [4.78, 5) is 4.34. The van der Waals surface area contributed by atoms with Gasteiger partial charge in [0.05, 0.1) is 5.25 Å². The molecule has 7 N–H and O–H groups in total. The van der Waals surface area contributed by atoms with Crippen LogP contribution in [0.4, 0.5) is 0 Å². The number of benzene rings is 3. The molecule has 0 fully saturated rings. The first-order valence-electron chi connectivity index (χ1n) is 14.2. The molecule has 42 heavy (non-hydrogen) atoms. The van der Waals surface area contributed by atoms with Crippen LogP contribution in [0.25, 0.3) is 0 Å². The predicted octanol–water partition coefficient (Wildman–Crippen LogP) is 4.27. The van der Waals surface area contributed by atoms with Gasteiger partial charge in [0, 0.05) is 11.5 Å². The number of aryl methyl sites for hydroxylation is 2. The van der Waals surface area contributed by atoms with Crippen molar-refractivity contribution in [3.05, 3.63) is 106 Å². The highest BCUT2D eigenvalue weighted by Crippen LogP contribution is 2.52. The van der Waals surface area contributed by atoms with E-state index < -0.39 is 33.6 Å². The van der Waals surface area contributed by atoms with Crippen molar-refractivity contribution >= 4 is 16.1 Å². The topological polar surface area (TPSA) is 168 Å². The monoisotopic (exact) mass is 589 g/mol. The molecule has 0 saturated heterocycles. The number of hydrogen-bond donors (Lipinski definition) is 5. The highest BCUT2D eigenvalue weighted by Gasteiger charge is 2.45. The molecule has 3 aromatic carbocycles. The molecule has 3 aromatic rings. The van der Waals surface area contributed by atoms with Gasteiger partial charge in [0.15, 0.2) is 5.96 Å². The lowest BCUT2D eigenvalue weighted by atomic mass is 9.62. The zero-order chi connectivity index (χ0) is 29.6. The zero-order valence-electron chi connectivity index (χ0n) is 23.0. The number of aliphatic hydroxyl groups is 1. The lowest BCUT2D eigenvalue weighted by molar-refractivity contribution is 0.184. The van der Waals surface area contributed by atoms with Gasteiger partial charge >= 0.3 is 0 Å². The van der Waals surface area contributed by atoms with Crippen LogP contribution in [0, 0.1) is 11.8 Å². The summed E-state index contributed by atoms with van der Waals surface area (Å²) in [5, 5.41) is 20.1. The van der Waals surface area contributed by atoms with E-state index in [0.717, 1.165) is 40.7 Å². The minimum absolute atomic E-state index is 0.0589. The first kappa shape index (κ1) is 28.3. The van der Waals surface area contributed by atoms with Gasteiger partial charge in [-0.2, -0.15) is 8.42 Å². The number of nitrogens with two attached hydrogens (primary N) is 2. The highest BCUT2D eigenvalue weighted by atomic mass is 32.2. The van der Waals surface area contributed by atoms with E-state index in [1.807, 2.05) is 36.4 Å². The molecule has 0 radical (unpaired) electrons. The van der Waals surface area contributed by atoms with Gasteiger partial charge in [-0.1, -0.05) is 42.5 Å². The minimum Gasteiger partial charge on any atom is -0.508 e. The number of nitrogens with zero attached hydrogens (tertiary/aromatic N) is 1. The molecule has 6 atom stereocenters. The van der Waals surface area contributed by atoms with E-state index in [4.69, 9.17) is 16.2 Å². The molecule has 6 aliphatic rings. The third-order valence-corrected chi connectivity index (χ3v) is 10.3. The molecule has 220 valence electrons. The Kier molecular flexibility index (Phi) is 7.46. The average Bonchev–Trinajstić information content (AvgIpc) is 2.96. The van der Waals surface area contributed by atoms with Crippen LogP contribution in [-0.4, -0.2) is 34.4 Å². The fourth-order valence-electron chi connectivity index (χ4n) is 7.00. The standard InChI is InChI=1S/C32H35N3O6S/c33-32(34)35-31-22-8-13-26-20(15-22)4-5-21-16-23(30(37)19-6-9-24(36)10-7-19)17-27(29(21)26)28(42(38,39)40)14-3-18-1-11-25(41-31)12-2-18/h1-2,6-13,15,17,21,27-31,36-37H,3-5,14,16H2,(H4,33,34,35)(H,38,39,40)/t21-,27+,28+,29-,30-,31-/m0/s1. The molecule has 0 amide bonds. The number of guanidine groups is 1. The Morgan fingerprint density at radius 2 is 1.71 bits per heavy atom. The molecule has 9 nitrogen and oxygen atoms in total. The van der Waals surface area contributed by atoms with Gasteiger partial charge in [0.25, 0.3) is 10.1 Å². The summed E-state index contributed by atoms with van der Waals surface area (Å²) < 4.78 is 42.9. The third kappa shape index (κ3) is 5.62. The molecule has 10 heteroatoms. The van der Waals surface area contributed by atoms with Gasteiger partial charge in [0.2, 0.25) is 6.23 Å². The number of rotatable bonds is 4. The Morgan fingerprint density at radius 1 is 0.976 bits per heavy atom. The molecule has 9 rings (SSSR count). The molecule has 0 saturated carbocycles. The molecular weight excluding hydrogens is 554 g/mol. The first-order chi connectivity index (χ1) is 20.1. The van der Waals surface area contributed by atoms with Crippen molar-refractivity contribution in [2.45, 2.75) is 55.6 Å². The second kappa shape index (κ2) is 11.1. The van der Waals surface area contributed by atoms with E-state index in [2.05, 4.69) is 4.99 Å². The summed E-state index contributed by atoms with van der Waals surface area (Å²) in [7, 11) is -4.46. The summed E-state index contributed by atoms with van der Waals surface area (Å²) >= 11 is 0. The van der Waals surface area contributed by atoms with E-state index in [1.165, 1.54) is 12.1 Å². The Hall–Kier alpha value is -3.86. The fourth-order valence-corrected chi connectivity index (χ4v) is 8.06. The second-order valence-electron chi connectivity index (χ2n) is 11.6. The van der Waals surface area contributed by atoms with Gasteiger partial charge in [-0.05, 0) is 102 Å². The quantitative estimate of drug-likeness (QED) is 0.130. The number of phenols is 1. The lowest BCUT2D eigenvalue weighted by Crippen LogP contribution is -2.40. The average molecular weight is 590 g/mol. The molecule has 0 aromatic heterocycles. The number of aliphatic imine (C=N–C) groups is 1. The summed E-state index contributed by atoms with van der Waals surface area (Å²) in [6.07, 6.45) is 2.91. The van der Waals surface area contributed by atoms with E-state index in [0.29, 0.717) is 24.2 Å². The number of aliphatic hydroxyl groups excluding tert-OH is 1. The predicted molar refractivity (Wildman–Crippen MR) is 160 cm³/mol. The summed E-state index contributed by atoms with van der Waals surface area (Å²) in [6.45, 7) is 0. The van der Waals surface area contributed by atoms with E-state index in [-0.39, 0.29) is 30.0 Å². The normalized spacial score (nSPS) is 25.9. The number of ether oxygens (including phenoxy) is 1. The van der Waals surface area contributed by atoms with Crippen molar-refractivity contribution < 1.29 is 27.9 Å². The van der Waals surface area contributed by atoms with Crippen molar-refractivity contribution in [2.75, 3.05) is 0 Å². The molecule has 2 aliphatic carbocycles. The van der Waals surface area contributed by atoms with Crippen LogP contribution < -0.4 is 16.2 Å². The van der Waals surface area contributed by atoms with Crippen LogP contribution in [-0.2, 0) is 23.0 Å². The first-order valence-corrected chi connectivity index (χ1v) is 15.7. The van der Waals surface area contributed by atoms with Gasteiger partial charge in [-0.15, -0.1) is 0 Å². The third-order valence-electron chi connectivity index (χ3n) is 8.95. The van der Waals surface area contributed by atoms with Crippen LogP contribution in [0.15, 0.2) is 83.4 Å². The Bertz CT molecular complexity index is 1630. The van der Waals surface area contributed by atoms with E-state index in [9.17, 15) is 23.2 Å². The van der Waals surface area contributed by atoms with Crippen LogP contribution in [0.2, 0.25) is 0 Å². The highest BCUT2D eigenvalue weighted by molar-refractivity contribution is 7.86. The Morgan fingerprint density at radius 3 is 2.40 bits per heavy atom. The molecule has 0 unspecified atom stereocenters. The smallest absolute Gasteiger partial charge is 0.268 e. The maximum absolute atomic E-state index is 13.1. The van der Waals surface area contributed by atoms with Crippen LogP contribution in [0.5, 0.6) is 11.5 Å². The van der Waals surface area contributed by atoms with Crippen LogP contribution >= 0.6 is 0 Å². The molecular formula is C32H35N3O6S. The number of hydrogen-bond acceptors (Lipinski definition) is 6. The van der Waals surface area contributed by atoms with Gasteiger partial charge in [-0.25, -0.2) is 4.99 Å². The minimum atomic E-state index is -4.46. The Balaban J connectivity index is 1.51. The SMILES string of the molecule is NC(N)=N[C@H]1Oc2ccc(cc2)CC[C@@H](S(=O)(=O)O)[C@H]2C=C([C@@H](O)c3ccc(O)cc3)C[C@@H]3CCc4cc1ccc4[C@H]32. The maximum atomic E-state index is 13.1. The van der Waals surface area contributed by atoms with Crippen molar-refractivity contribution in [1.82, 2.24) is 0 Å². The second-order valence-corrected chi connectivity index (χ2v) is 13.2. The largest absolute Gasteiger partial charge is 0.508 e. The van der Waals surface area contributed by atoms with Crippen molar-refractivity contribution in [2.24, 2.45) is 28.3 Å². The lowest BCUT2D eigenvalue weighted by Gasteiger charge is -2.44. The van der Waals surface area contributed by atoms with Gasteiger partial charge in [-0.3, -0.25) is 4.55 Å². The molecule has 0 spiro atoms. The van der Waals surface area contributed by atoms with Gasteiger partial charge < -0.3 is 26.4 Å². The van der Waals surface area contributed by atoms with Crippen molar-refractivity contribution in [3.63, 3.8) is 0 Å². The van der Waals surface area contributed by atoms with E-state index in [1.54, 1.807) is 24.3 Å². The molecule has 6 bridgehead atoms. The van der Waals surface area contributed by atoms with Gasteiger partial charge in [0.1, 0.15) is 17.6 Å². The zero-order valence-corrected chi connectivity index (χ0v) is 23.8. The summed E-state index contributed by atoms with van der Waals surface area (Å²) in [6, 6.07) is 19.7. The van der Waals surface area contributed by atoms with Crippen LogP contribution in [0.1, 0.15) is 65.3 Å². The van der Waals surface area contributed by atoms with Crippen molar-refractivity contribution in [3.8, 4) is 11.5 Å². The van der Waals surface area contributed by atoms with E-state index >= 15 is 0 Å². The summed E-state index contributed by atoms with van der Waals surface area (Å²) in [5.41, 5.74) is 16.6. The Labute approximate surface area is 245 Å².